The van der Waals surface area contributed by atoms with Crippen molar-refractivity contribution in [1.82, 2.24) is 0 Å². The lowest BCUT2D eigenvalue weighted by Crippen LogP contribution is -1.80. The number of benzene rings is 2. The van der Waals surface area contributed by atoms with Gasteiger partial charge in [0.2, 0.25) is 0 Å². The predicted molar refractivity (Wildman–Crippen MR) is 93.8 cm³/mol. The van der Waals surface area contributed by atoms with Gasteiger partial charge in [-0.05, 0) is 48.9 Å². The molecule has 0 radical (unpaired) electrons. The lowest BCUT2D eigenvalue weighted by atomic mass is 10.1. The van der Waals surface area contributed by atoms with Gasteiger partial charge in [0.25, 0.3) is 0 Å². The van der Waals surface area contributed by atoms with Crippen LogP contribution in [0.5, 0.6) is 0 Å². The molecule has 1 heterocycles. The molecular formula is C20H14ClNO. The van der Waals surface area contributed by atoms with E-state index in [0.717, 1.165) is 16.9 Å². The zero-order valence-electron chi connectivity index (χ0n) is 12.6. The van der Waals surface area contributed by atoms with Crippen molar-refractivity contribution in [1.29, 1.82) is 5.26 Å². The fourth-order valence-corrected chi connectivity index (χ4v) is 2.46. The second kappa shape index (κ2) is 6.56. The molecule has 0 amide bonds. The maximum atomic E-state index is 9.38. The molecule has 0 aliphatic heterocycles. The molecule has 3 rings (SSSR count). The first kappa shape index (κ1) is 15.1. The summed E-state index contributed by atoms with van der Waals surface area (Å²) in [6.07, 6.45) is 1.74. The van der Waals surface area contributed by atoms with Crippen LogP contribution in [0.15, 0.2) is 65.1 Å². The fraction of sp³-hybridized carbons (Fsp3) is 0.0500. The lowest BCUT2D eigenvalue weighted by molar-refractivity contribution is 0.572. The summed E-state index contributed by atoms with van der Waals surface area (Å²) >= 11 is 5.88. The van der Waals surface area contributed by atoms with E-state index in [1.807, 2.05) is 49.4 Å². The Bertz CT molecular complexity index is 898. The first-order valence-electron chi connectivity index (χ1n) is 7.20. The topological polar surface area (TPSA) is 36.9 Å². The third kappa shape index (κ3) is 3.53. The molecule has 23 heavy (non-hydrogen) atoms. The average Bonchev–Trinajstić information content (AvgIpc) is 3.02. The molecule has 0 saturated heterocycles. The highest BCUT2D eigenvalue weighted by molar-refractivity contribution is 6.30. The van der Waals surface area contributed by atoms with Crippen LogP contribution < -0.4 is 0 Å². The largest absolute Gasteiger partial charge is 0.457 e. The number of aryl methyl sites for hydroxylation is 1. The molecule has 0 aliphatic carbocycles. The second-order valence-electron chi connectivity index (χ2n) is 5.25. The van der Waals surface area contributed by atoms with Crippen LogP contribution >= 0.6 is 11.6 Å². The zero-order valence-corrected chi connectivity index (χ0v) is 13.3. The van der Waals surface area contributed by atoms with Gasteiger partial charge >= 0.3 is 0 Å². The minimum absolute atomic E-state index is 0.534. The van der Waals surface area contributed by atoms with Gasteiger partial charge in [0.15, 0.2) is 0 Å². The van der Waals surface area contributed by atoms with Gasteiger partial charge in [0.1, 0.15) is 11.5 Å². The number of allylic oxidation sites excluding steroid dienone is 1. The first-order valence-corrected chi connectivity index (χ1v) is 7.58. The van der Waals surface area contributed by atoms with Crippen LogP contribution in [0.4, 0.5) is 0 Å². The van der Waals surface area contributed by atoms with Gasteiger partial charge in [-0.3, -0.25) is 0 Å². The highest BCUT2D eigenvalue weighted by Crippen LogP contribution is 2.26. The standard InChI is InChI=1S/C20H14ClNO/c1-14-3-2-4-16(11-14)20-10-9-19(23-20)12-17(13-22)15-5-7-18(21)8-6-15/h2-12H,1H3. The van der Waals surface area contributed by atoms with E-state index >= 15 is 0 Å². The Balaban J connectivity index is 1.93. The van der Waals surface area contributed by atoms with Crippen molar-refractivity contribution < 1.29 is 4.42 Å². The third-order valence-electron chi connectivity index (χ3n) is 3.49. The van der Waals surface area contributed by atoms with Crippen molar-refractivity contribution in [2.24, 2.45) is 0 Å². The maximum absolute atomic E-state index is 9.38. The van der Waals surface area contributed by atoms with Crippen molar-refractivity contribution >= 4 is 23.3 Å². The van der Waals surface area contributed by atoms with Crippen LogP contribution in [0.3, 0.4) is 0 Å². The number of nitrogens with zero attached hydrogens (tertiary/aromatic N) is 1. The van der Waals surface area contributed by atoms with Crippen LogP contribution in [0, 0.1) is 18.3 Å². The van der Waals surface area contributed by atoms with Crippen molar-refractivity contribution in [2.45, 2.75) is 6.92 Å². The molecule has 0 spiro atoms. The van der Waals surface area contributed by atoms with Gasteiger partial charge in [-0.1, -0.05) is 47.5 Å². The smallest absolute Gasteiger partial charge is 0.134 e. The van der Waals surface area contributed by atoms with E-state index < -0.39 is 0 Å². The van der Waals surface area contributed by atoms with Gasteiger partial charge in [0, 0.05) is 10.6 Å². The molecule has 0 bridgehead atoms. The minimum atomic E-state index is 0.534. The van der Waals surface area contributed by atoms with E-state index in [1.165, 1.54) is 5.56 Å². The molecule has 3 heteroatoms. The van der Waals surface area contributed by atoms with E-state index in [1.54, 1.807) is 18.2 Å². The second-order valence-corrected chi connectivity index (χ2v) is 5.68. The van der Waals surface area contributed by atoms with Crippen LogP contribution in [-0.4, -0.2) is 0 Å². The number of hydrogen-bond acceptors (Lipinski definition) is 2. The molecule has 2 aromatic carbocycles. The van der Waals surface area contributed by atoms with E-state index in [2.05, 4.69) is 12.1 Å². The number of halogens is 1. The Labute approximate surface area is 140 Å². The highest BCUT2D eigenvalue weighted by Gasteiger charge is 2.06. The Kier molecular flexibility index (Phi) is 4.32. The Morgan fingerprint density at radius 1 is 1.09 bits per heavy atom. The van der Waals surface area contributed by atoms with Gasteiger partial charge in [-0.15, -0.1) is 0 Å². The van der Waals surface area contributed by atoms with E-state index in [4.69, 9.17) is 16.0 Å². The van der Waals surface area contributed by atoms with Crippen molar-refractivity contribution in [3.63, 3.8) is 0 Å². The number of rotatable bonds is 3. The van der Waals surface area contributed by atoms with Crippen molar-refractivity contribution in [2.75, 3.05) is 0 Å². The predicted octanol–water partition coefficient (Wildman–Crippen LogP) is 5.97. The summed E-state index contributed by atoms with van der Waals surface area (Å²) in [5.41, 5.74) is 3.54. The molecule has 0 atom stereocenters. The SMILES string of the molecule is Cc1cccc(-c2ccc(C=C(C#N)c3ccc(Cl)cc3)o2)c1. The molecule has 3 aromatic rings. The van der Waals surface area contributed by atoms with Crippen LogP contribution in [-0.2, 0) is 0 Å². The number of hydrogen-bond donors (Lipinski definition) is 0. The van der Waals surface area contributed by atoms with Gasteiger partial charge < -0.3 is 4.42 Å². The summed E-state index contributed by atoms with van der Waals surface area (Å²) in [6, 6.07) is 21.3. The molecule has 0 unspecified atom stereocenters. The third-order valence-corrected chi connectivity index (χ3v) is 3.74. The highest BCUT2D eigenvalue weighted by atomic mass is 35.5. The van der Waals surface area contributed by atoms with Crippen LogP contribution in [0.1, 0.15) is 16.9 Å². The van der Waals surface area contributed by atoms with Crippen LogP contribution in [0.25, 0.3) is 23.0 Å². The quantitative estimate of drug-likeness (QED) is 0.557. The molecule has 0 saturated carbocycles. The summed E-state index contributed by atoms with van der Waals surface area (Å²) in [4.78, 5) is 0. The Hall–Kier alpha value is -2.76. The average molecular weight is 320 g/mol. The lowest BCUT2D eigenvalue weighted by Gasteiger charge is -1.99. The monoisotopic (exact) mass is 319 g/mol. The molecule has 0 N–H and O–H groups in total. The summed E-state index contributed by atoms with van der Waals surface area (Å²) in [5, 5.41) is 10.0. The maximum Gasteiger partial charge on any atom is 0.134 e. The Morgan fingerprint density at radius 2 is 1.87 bits per heavy atom. The van der Waals surface area contributed by atoms with Gasteiger partial charge in [-0.25, -0.2) is 0 Å². The summed E-state index contributed by atoms with van der Waals surface area (Å²) in [5.74, 6) is 1.43. The zero-order chi connectivity index (χ0) is 16.2. The summed E-state index contributed by atoms with van der Waals surface area (Å²) < 4.78 is 5.85. The Morgan fingerprint density at radius 3 is 2.57 bits per heavy atom. The molecule has 0 aliphatic rings. The molecule has 2 nitrogen and oxygen atoms in total. The summed E-state index contributed by atoms with van der Waals surface area (Å²) in [7, 11) is 0. The fourth-order valence-electron chi connectivity index (χ4n) is 2.34. The molecule has 112 valence electrons. The first-order chi connectivity index (χ1) is 11.2. The number of nitriles is 1. The number of furan rings is 1. The summed E-state index contributed by atoms with van der Waals surface area (Å²) in [6.45, 7) is 2.04. The van der Waals surface area contributed by atoms with E-state index in [0.29, 0.717) is 16.4 Å². The van der Waals surface area contributed by atoms with Gasteiger partial charge in [-0.2, -0.15) is 5.26 Å². The van der Waals surface area contributed by atoms with E-state index in [9.17, 15) is 5.26 Å². The molecular weight excluding hydrogens is 306 g/mol. The minimum Gasteiger partial charge on any atom is -0.457 e. The van der Waals surface area contributed by atoms with Crippen molar-refractivity contribution in [3.8, 4) is 17.4 Å². The normalized spacial score (nSPS) is 11.3. The van der Waals surface area contributed by atoms with Crippen LogP contribution in [0.2, 0.25) is 5.02 Å². The van der Waals surface area contributed by atoms with Gasteiger partial charge in [0.05, 0.1) is 11.6 Å². The molecule has 0 fully saturated rings. The molecule has 1 aromatic heterocycles. The van der Waals surface area contributed by atoms with Crippen molar-refractivity contribution in [3.05, 3.63) is 82.6 Å². The van der Waals surface area contributed by atoms with E-state index in [-0.39, 0.29) is 0 Å².